The van der Waals surface area contributed by atoms with E-state index in [2.05, 4.69) is 15.6 Å². The lowest BCUT2D eigenvalue weighted by molar-refractivity contribution is -0.127. The fraction of sp³-hybridized carbons (Fsp3) is 0.111. The van der Waals surface area contributed by atoms with Crippen LogP contribution in [0.3, 0.4) is 0 Å². The van der Waals surface area contributed by atoms with Crippen molar-refractivity contribution in [1.82, 2.24) is 20.3 Å². The quantitative estimate of drug-likeness (QED) is 0.356. The molecule has 2 amide bonds. The Balaban J connectivity index is 1.54. The molecule has 180 valence electrons. The second-order valence-corrected chi connectivity index (χ2v) is 8.09. The number of amides is 2. The SMILES string of the molecule is O=C(NCc1ccco1)C(c1ccccc1)N(C(=O)Cn1nnc2ccccc21)c1ccc(F)cc1. The minimum atomic E-state index is -1.03. The molecule has 0 bridgehead atoms. The zero-order chi connectivity index (χ0) is 24.9. The molecule has 1 N–H and O–H groups in total. The summed E-state index contributed by atoms with van der Waals surface area (Å²) in [5.74, 6) is -0.714. The van der Waals surface area contributed by atoms with Crippen LogP contribution in [0.1, 0.15) is 17.4 Å². The molecule has 9 heteroatoms. The number of benzene rings is 3. The van der Waals surface area contributed by atoms with E-state index in [1.165, 1.54) is 40.1 Å². The van der Waals surface area contributed by atoms with Gasteiger partial charge in [0.25, 0.3) is 0 Å². The van der Waals surface area contributed by atoms with Crippen molar-refractivity contribution in [1.29, 1.82) is 0 Å². The zero-order valence-corrected chi connectivity index (χ0v) is 19.1. The number of halogens is 1. The van der Waals surface area contributed by atoms with Crippen LogP contribution in [0.25, 0.3) is 11.0 Å². The predicted octanol–water partition coefficient (Wildman–Crippen LogP) is 4.25. The molecule has 2 aromatic heterocycles. The zero-order valence-electron chi connectivity index (χ0n) is 19.1. The normalized spacial score (nSPS) is 11.8. The number of hydrogen-bond donors (Lipinski definition) is 1. The van der Waals surface area contributed by atoms with Gasteiger partial charge < -0.3 is 9.73 Å². The molecular formula is C27H22FN5O3. The summed E-state index contributed by atoms with van der Waals surface area (Å²) in [6.07, 6.45) is 1.52. The lowest BCUT2D eigenvalue weighted by atomic mass is 10.0. The maximum atomic E-state index is 13.8. The number of fused-ring (bicyclic) bond motifs is 1. The Morgan fingerprint density at radius 3 is 2.44 bits per heavy atom. The fourth-order valence-electron chi connectivity index (χ4n) is 4.01. The molecule has 5 rings (SSSR count). The molecule has 0 aliphatic rings. The topological polar surface area (TPSA) is 93.3 Å². The van der Waals surface area contributed by atoms with Crippen LogP contribution in [0.4, 0.5) is 10.1 Å². The average molecular weight is 484 g/mol. The Morgan fingerprint density at radius 1 is 0.944 bits per heavy atom. The van der Waals surface area contributed by atoms with Crippen LogP contribution >= 0.6 is 0 Å². The van der Waals surface area contributed by atoms with Crippen molar-refractivity contribution in [2.45, 2.75) is 19.1 Å². The Morgan fingerprint density at radius 2 is 1.69 bits per heavy atom. The van der Waals surface area contributed by atoms with E-state index in [1.54, 1.807) is 42.5 Å². The molecule has 0 spiro atoms. The molecule has 0 fully saturated rings. The van der Waals surface area contributed by atoms with Crippen molar-refractivity contribution in [2.75, 3.05) is 4.90 Å². The third-order valence-electron chi connectivity index (χ3n) is 5.72. The molecule has 1 atom stereocenters. The third kappa shape index (κ3) is 4.85. The molecule has 1 unspecified atom stereocenters. The maximum absolute atomic E-state index is 13.8. The standard InChI is InChI=1S/C27H22FN5O3/c28-20-12-14-21(15-13-20)33(25(34)18-32-24-11-5-4-10-23(24)30-31-32)26(19-7-2-1-3-8-19)27(35)29-17-22-9-6-16-36-22/h1-16,26H,17-18H2,(H,29,35). The first-order chi connectivity index (χ1) is 17.6. The Hall–Kier alpha value is -4.79. The van der Waals surface area contributed by atoms with Gasteiger partial charge >= 0.3 is 0 Å². The molecule has 36 heavy (non-hydrogen) atoms. The monoisotopic (exact) mass is 483 g/mol. The molecule has 3 aromatic carbocycles. The number of para-hydroxylation sites is 1. The van der Waals surface area contributed by atoms with E-state index in [-0.39, 0.29) is 13.1 Å². The van der Waals surface area contributed by atoms with Crippen LogP contribution in [0.5, 0.6) is 0 Å². The van der Waals surface area contributed by atoms with Gasteiger partial charge in [-0.3, -0.25) is 14.5 Å². The Bertz CT molecular complexity index is 1470. The molecule has 0 saturated carbocycles. The molecule has 0 aliphatic carbocycles. The number of carbonyl (C=O) groups excluding carboxylic acids is 2. The number of nitrogens with zero attached hydrogens (tertiary/aromatic N) is 4. The van der Waals surface area contributed by atoms with Crippen LogP contribution in [0, 0.1) is 5.82 Å². The molecule has 0 saturated heterocycles. The second-order valence-electron chi connectivity index (χ2n) is 8.09. The number of nitrogens with one attached hydrogen (secondary N) is 1. The van der Waals surface area contributed by atoms with Gasteiger partial charge in [-0.2, -0.15) is 0 Å². The highest BCUT2D eigenvalue weighted by Gasteiger charge is 2.33. The first-order valence-corrected chi connectivity index (χ1v) is 11.3. The highest BCUT2D eigenvalue weighted by Crippen LogP contribution is 2.29. The smallest absolute Gasteiger partial charge is 0.249 e. The van der Waals surface area contributed by atoms with Gasteiger partial charge in [-0.05, 0) is 54.1 Å². The van der Waals surface area contributed by atoms with Crippen LogP contribution in [0.2, 0.25) is 0 Å². The minimum absolute atomic E-state index is 0.147. The highest BCUT2D eigenvalue weighted by atomic mass is 19.1. The van der Waals surface area contributed by atoms with Crippen molar-refractivity contribution in [3.8, 4) is 0 Å². The van der Waals surface area contributed by atoms with Gasteiger partial charge in [-0.1, -0.05) is 47.7 Å². The number of rotatable bonds is 8. The fourth-order valence-corrected chi connectivity index (χ4v) is 4.01. The van der Waals surface area contributed by atoms with Crippen LogP contribution in [0.15, 0.2) is 102 Å². The first-order valence-electron chi connectivity index (χ1n) is 11.3. The van der Waals surface area contributed by atoms with E-state index in [4.69, 9.17) is 4.42 Å². The summed E-state index contributed by atoms with van der Waals surface area (Å²) in [5, 5.41) is 11.1. The average Bonchev–Trinajstić information content (AvgIpc) is 3.57. The lowest BCUT2D eigenvalue weighted by Gasteiger charge is -2.31. The van der Waals surface area contributed by atoms with Crippen molar-refractivity contribution in [3.63, 3.8) is 0 Å². The van der Waals surface area contributed by atoms with Crippen molar-refractivity contribution in [3.05, 3.63) is 114 Å². The van der Waals surface area contributed by atoms with E-state index < -0.39 is 23.7 Å². The molecule has 5 aromatic rings. The van der Waals surface area contributed by atoms with E-state index in [1.807, 2.05) is 24.3 Å². The number of aromatic nitrogens is 3. The summed E-state index contributed by atoms with van der Waals surface area (Å²) < 4.78 is 20.6. The summed E-state index contributed by atoms with van der Waals surface area (Å²) in [6.45, 7) is -0.0268. The molecular weight excluding hydrogens is 461 g/mol. The molecule has 2 heterocycles. The largest absolute Gasteiger partial charge is 0.467 e. The summed E-state index contributed by atoms with van der Waals surface area (Å²) in [7, 11) is 0. The van der Waals surface area contributed by atoms with Gasteiger partial charge in [0.05, 0.1) is 18.3 Å². The number of carbonyl (C=O) groups is 2. The van der Waals surface area contributed by atoms with Gasteiger partial charge in [0.1, 0.15) is 29.7 Å². The number of hydrogen-bond acceptors (Lipinski definition) is 5. The van der Waals surface area contributed by atoms with E-state index in [9.17, 15) is 14.0 Å². The third-order valence-corrected chi connectivity index (χ3v) is 5.72. The van der Waals surface area contributed by atoms with E-state index in [0.717, 1.165) is 0 Å². The van der Waals surface area contributed by atoms with E-state index in [0.29, 0.717) is 28.0 Å². The van der Waals surface area contributed by atoms with Gasteiger partial charge in [0.2, 0.25) is 11.8 Å². The predicted molar refractivity (Wildman–Crippen MR) is 131 cm³/mol. The summed E-state index contributed by atoms with van der Waals surface area (Å²) >= 11 is 0. The Kier molecular flexibility index (Phi) is 6.53. The number of anilines is 1. The highest BCUT2D eigenvalue weighted by molar-refractivity contribution is 6.01. The van der Waals surface area contributed by atoms with Gasteiger partial charge in [-0.15, -0.1) is 5.10 Å². The van der Waals surface area contributed by atoms with E-state index >= 15 is 0 Å². The number of furan rings is 1. The second kappa shape index (κ2) is 10.2. The summed E-state index contributed by atoms with van der Waals surface area (Å²) in [6, 6.07) is 24.1. The summed E-state index contributed by atoms with van der Waals surface area (Å²) in [4.78, 5) is 28.8. The van der Waals surface area contributed by atoms with Crippen molar-refractivity contribution in [2.24, 2.45) is 0 Å². The van der Waals surface area contributed by atoms with Crippen LogP contribution in [-0.2, 0) is 22.7 Å². The lowest BCUT2D eigenvalue weighted by Crippen LogP contribution is -2.45. The van der Waals surface area contributed by atoms with Crippen molar-refractivity contribution < 1.29 is 18.4 Å². The first kappa shape index (κ1) is 23.0. The van der Waals surface area contributed by atoms with Gasteiger partial charge in [0.15, 0.2) is 0 Å². The van der Waals surface area contributed by atoms with Crippen LogP contribution < -0.4 is 10.2 Å². The molecule has 0 aliphatic heterocycles. The molecule has 8 nitrogen and oxygen atoms in total. The van der Waals surface area contributed by atoms with Crippen molar-refractivity contribution >= 4 is 28.5 Å². The van der Waals surface area contributed by atoms with Gasteiger partial charge in [0, 0.05) is 5.69 Å². The van der Waals surface area contributed by atoms with Crippen LogP contribution in [-0.4, -0.2) is 26.8 Å². The Labute approximate surface area is 205 Å². The minimum Gasteiger partial charge on any atom is -0.467 e. The molecule has 0 radical (unpaired) electrons. The van der Waals surface area contributed by atoms with Gasteiger partial charge in [-0.25, -0.2) is 9.07 Å². The maximum Gasteiger partial charge on any atom is 0.249 e. The summed E-state index contributed by atoms with van der Waals surface area (Å²) in [5.41, 5.74) is 2.29.